The summed E-state index contributed by atoms with van der Waals surface area (Å²) in [6.45, 7) is 2.22. The van der Waals surface area contributed by atoms with E-state index in [1.54, 1.807) is 0 Å². The van der Waals surface area contributed by atoms with Crippen LogP contribution in [0.4, 0.5) is 0 Å². The molecule has 0 bridgehead atoms. The van der Waals surface area contributed by atoms with Crippen molar-refractivity contribution >= 4 is 29.2 Å². The van der Waals surface area contributed by atoms with Gasteiger partial charge >= 0.3 is 5.97 Å². The van der Waals surface area contributed by atoms with Gasteiger partial charge in [0.25, 0.3) is 0 Å². The summed E-state index contributed by atoms with van der Waals surface area (Å²) >= 11 is 11.3. The van der Waals surface area contributed by atoms with Crippen molar-refractivity contribution in [3.63, 3.8) is 0 Å². The van der Waals surface area contributed by atoms with Gasteiger partial charge in [-0.2, -0.15) is 0 Å². The number of unbranched alkanes of at least 4 members (excludes halogenated alkanes) is 8. The highest BCUT2D eigenvalue weighted by Gasteiger charge is 2.09. The third-order valence-electron chi connectivity index (χ3n) is 2.93. The lowest BCUT2D eigenvalue weighted by molar-refractivity contribution is -0.131. The van der Waals surface area contributed by atoms with E-state index in [1.807, 2.05) is 0 Å². The second-order valence-corrected chi connectivity index (χ2v) is 5.44. The molecule has 0 aromatic carbocycles. The molecule has 0 spiro atoms. The van der Waals surface area contributed by atoms with Crippen molar-refractivity contribution < 1.29 is 9.90 Å². The molecule has 0 saturated heterocycles. The molecule has 0 heterocycles. The van der Waals surface area contributed by atoms with Crippen LogP contribution in [0.1, 0.15) is 71.1 Å². The molecule has 4 heteroatoms. The Morgan fingerprint density at radius 2 is 1.33 bits per heavy atom. The van der Waals surface area contributed by atoms with E-state index in [-0.39, 0.29) is 10.1 Å². The van der Waals surface area contributed by atoms with Crippen LogP contribution in [-0.2, 0) is 4.79 Å². The zero-order valence-corrected chi connectivity index (χ0v) is 12.7. The van der Waals surface area contributed by atoms with Gasteiger partial charge < -0.3 is 5.11 Å². The van der Waals surface area contributed by atoms with Gasteiger partial charge in [-0.05, 0) is 12.8 Å². The summed E-state index contributed by atoms with van der Waals surface area (Å²) in [6.07, 6.45) is 11.6. The molecule has 106 valence electrons. The Bertz CT molecular complexity index is 263. The van der Waals surface area contributed by atoms with Crippen LogP contribution < -0.4 is 0 Å². The van der Waals surface area contributed by atoms with Gasteiger partial charge in [-0.25, -0.2) is 4.79 Å². The van der Waals surface area contributed by atoms with Crippen molar-refractivity contribution in [3.05, 3.63) is 10.1 Å². The van der Waals surface area contributed by atoms with Crippen LogP contribution in [0.3, 0.4) is 0 Å². The SMILES string of the molecule is CCCCCCCCCCC/C(Cl)=C(\Cl)C(=O)O. The predicted molar refractivity (Wildman–Crippen MR) is 78.2 cm³/mol. The number of rotatable bonds is 11. The van der Waals surface area contributed by atoms with Crippen molar-refractivity contribution in [2.45, 2.75) is 71.1 Å². The molecular weight excluding hydrogens is 271 g/mol. The predicted octanol–water partition coefficient (Wildman–Crippen LogP) is 5.68. The molecule has 0 radical (unpaired) electrons. The quantitative estimate of drug-likeness (QED) is 0.393. The molecule has 0 aromatic heterocycles. The normalized spacial score (nSPS) is 12.4. The molecule has 0 aliphatic rings. The van der Waals surface area contributed by atoms with Crippen LogP contribution in [0.25, 0.3) is 0 Å². The second kappa shape index (κ2) is 11.9. The lowest BCUT2D eigenvalue weighted by Crippen LogP contribution is -1.96. The molecular formula is C14H24Cl2O2. The maximum Gasteiger partial charge on any atom is 0.348 e. The summed E-state index contributed by atoms with van der Waals surface area (Å²) in [5.41, 5.74) is 0. The van der Waals surface area contributed by atoms with Crippen molar-refractivity contribution in [1.82, 2.24) is 0 Å². The smallest absolute Gasteiger partial charge is 0.348 e. The molecule has 2 nitrogen and oxygen atoms in total. The lowest BCUT2D eigenvalue weighted by atomic mass is 10.1. The first-order valence-electron chi connectivity index (χ1n) is 6.87. The highest BCUT2D eigenvalue weighted by Crippen LogP contribution is 2.21. The minimum absolute atomic E-state index is 0.240. The number of hydrogen-bond acceptors (Lipinski definition) is 1. The fourth-order valence-electron chi connectivity index (χ4n) is 1.82. The Labute approximate surface area is 120 Å². The first-order chi connectivity index (χ1) is 8.59. The molecule has 0 fully saturated rings. The number of aliphatic carboxylic acids is 1. The van der Waals surface area contributed by atoms with Crippen LogP contribution in [-0.4, -0.2) is 11.1 Å². The highest BCUT2D eigenvalue weighted by atomic mass is 35.5. The first kappa shape index (κ1) is 17.8. The molecule has 0 aliphatic heterocycles. The summed E-state index contributed by atoms with van der Waals surface area (Å²) in [5.74, 6) is -1.14. The van der Waals surface area contributed by atoms with E-state index in [0.29, 0.717) is 6.42 Å². The molecule has 0 atom stereocenters. The largest absolute Gasteiger partial charge is 0.477 e. The molecule has 1 N–H and O–H groups in total. The van der Waals surface area contributed by atoms with Gasteiger partial charge in [-0.3, -0.25) is 0 Å². The van der Waals surface area contributed by atoms with Crippen LogP contribution in [0.2, 0.25) is 0 Å². The van der Waals surface area contributed by atoms with Crippen molar-refractivity contribution in [2.24, 2.45) is 0 Å². The molecule has 18 heavy (non-hydrogen) atoms. The zero-order valence-electron chi connectivity index (χ0n) is 11.2. The maximum atomic E-state index is 10.5. The maximum absolute atomic E-state index is 10.5. The third-order valence-corrected chi connectivity index (χ3v) is 3.79. The Balaban J connectivity index is 3.41. The molecule has 0 aromatic rings. The topological polar surface area (TPSA) is 37.3 Å². The van der Waals surface area contributed by atoms with E-state index in [9.17, 15) is 4.79 Å². The number of carboxylic acid groups (broad SMARTS) is 1. The van der Waals surface area contributed by atoms with Gasteiger partial charge in [0.2, 0.25) is 0 Å². The number of carbonyl (C=O) groups is 1. The minimum Gasteiger partial charge on any atom is -0.477 e. The zero-order chi connectivity index (χ0) is 13.8. The molecule has 0 saturated carbocycles. The van der Waals surface area contributed by atoms with Crippen LogP contribution in [0.15, 0.2) is 10.1 Å². The van der Waals surface area contributed by atoms with Crippen LogP contribution in [0, 0.1) is 0 Å². The fraction of sp³-hybridized carbons (Fsp3) is 0.786. The number of halogens is 2. The average molecular weight is 295 g/mol. The highest BCUT2D eigenvalue weighted by molar-refractivity contribution is 6.47. The van der Waals surface area contributed by atoms with E-state index in [1.165, 1.54) is 44.9 Å². The van der Waals surface area contributed by atoms with E-state index >= 15 is 0 Å². The molecule has 0 amide bonds. The van der Waals surface area contributed by atoms with Crippen molar-refractivity contribution in [2.75, 3.05) is 0 Å². The number of hydrogen-bond donors (Lipinski definition) is 1. The van der Waals surface area contributed by atoms with E-state index < -0.39 is 5.97 Å². The first-order valence-corrected chi connectivity index (χ1v) is 7.62. The Morgan fingerprint density at radius 3 is 1.78 bits per heavy atom. The summed E-state index contributed by atoms with van der Waals surface area (Å²) in [7, 11) is 0. The van der Waals surface area contributed by atoms with Gasteiger partial charge in [0.1, 0.15) is 5.03 Å². The Kier molecular flexibility index (Phi) is 11.7. The van der Waals surface area contributed by atoms with E-state index in [2.05, 4.69) is 6.92 Å². The summed E-state index contributed by atoms with van der Waals surface area (Å²) in [5, 5.41) is 8.65. The number of allylic oxidation sites excluding steroid dienone is 1. The second-order valence-electron chi connectivity index (χ2n) is 4.60. The standard InChI is InChI=1S/C14H24Cl2O2/c1-2-3-4-5-6-7-8-9-10-11-12(15)13(16)14(17)18/h2-11H2,1H3,(H,17,18)/b13-12+. The van der Waals surface area contributed by atoms with Crippen molar-refractivity contribution in [1.29, 1.82) is 0 Å². The van der Waals surface area contributed by atoms with E-state index in [0.717, 1.165) is 12.8 Å². The van der Waals surface area contributed by atoms with Gasteiger partial charge in [-0.1, -0.05) is 81.5 Å². The molecule has 0 rings (SSSR count). The Hall–Kier alpha value is -0.210. The molecule has 0 aliphatic carbocycles. The monoisotopic (exact) mass is 294 g/mol. The van der Waals surface area contributed by atoms with Gasteiger partial charge in [-0.15, -0.1) is 0 Å². The van der Waals surface area contributed by atoms with Gasteiger partial charge in [0, 0.05) is 5.03 Å². The molecule has 0 unspecified atom stereocenters. The fourth-order valence-corrected chi connectivity index (χ4v) is 2.13. The Morgan fingerprint density at radius 1 is 0.889 bits per heavy atom. The minimum atomic E-state index is -1.14. The van der Waals surface area contributed by atoms with Gasteiger partial charge in [0.15, 0.2) is 0 Å². The van der Waals surface area contributed by atoms with Crippen LogP contribution >= 0.6 is 23.2 Å². The number of carboxylic acids is 1. The summed E-state index contributed by atoms with van der Waals surface area (Å²) in [4.78, 5) is 10.5. The summed E-state index contributed by atoms with van der Waals surface area (Å²) in [6, 6.07) is 0. The van der Waals surface area contributed by atoms with Crippen LogP contribution in [0.5, 0.6) is 0 Å². The third kappa shape index (κ3) is 9.78. The average Bonchev–Trinajstić information content (AvgIpc) is 2.35. The van der Waals surface area contributed by atoms with Gasteiger partial charge in [0.05, 0.1) is 0 Å². The van der Waals surface area contributed by atoms with Crippen molar-refractivity contribution in [3.8, 4) is 0 Å². The summed E-state index contributed by atoms with van der Waals surface area (Å²) < 4.78 is 0. The van der Waals surface area contributed by atoms with E-state index in [4.69, 9.17) is 28.3 Å². The lowest BCUT2D eigenvalue weighted by Gasteiger charge is -2.02.